The van der Waals surface area contributed by atoms with E-state index >= 15 is 4.39 Å². The van der Waals surface area contributed by atoms with E-state index in [4.69, 9.17) is 0 Å². The van der Waals surface area contributed by atoms with Crippen LogP contribution in [0, 0.1) is 11.7 Å². The van der Waals surface area contributed by atoms with Crippen LogP contribution >= 0.6 is 0 Å². The summed E-state index contributed by atoms with van der Waals surface area (Å²) in [5.74, 6) is -3.25. The molecule has 1 spiro atoms. The minimum atomic E-state index is -1.46. The van der Waals surface area contributed by atoms with Crippen molar-refractivity contribution < 1.29 is 18.8 Å². The van der Waals surface area contributed by atoms with Crippen molar-refractivity contribution in [2.24, 2.45) is 5.92 Å². The summed E-state index contributed by atoms with van der Waals surface area (Å²) in [6.07, 6.45) is 5.32. The first-order valence-electron chi connectivity index (χ1n) is 12.7. The van der Waals surface area contributed by atoms with Gasteiger partial charge in [-0.3, -0.25) is 19.4 Å². The Kier molecular flexibility index (Phi) is 5.10. The predicted octanol–water partition coefficient (Wildman–Crippen LogP) is 5.08. The SMILES string of the molecule is O=C(c1ccccc1F)[C@@H]1[C@H](C(=O)c2ccccn2)[C@]2(C(=O)Nc3ccccc32)[C@@H]2C=Cc3ccccc3N12. The Hall–Kier alpha value is -4.91. The number of nitrogens with zero attached hydrogens (tertiary/aromatic N) is 2. The molecule has 7 rings (SSSR count). The fourth-order valence-corrected chi connectivity index (χ4v) is 6.61. The summed E-state index contributed by atoms with van der Waals surface area (Å²) < 4.78 is 15.1. The average Bonchev–Trinajstić information content (AvgIpc) is 3.45. The van der Waals surface area contributed by atoms with Crippen molar-refractivity contribution >= 4 is 34.9 Å². The van der Waals surface area contributed by atoms with E-state index in [2.05, 4.69) is 10.3 Å². The van der Waals surface area contributed by atoms with E-state index in [0.29, 0.717) is 16.9 Å². The molecule has 6 nitrogen and oxygen atoms in total. The Morgan fingerprint density at radius 1 is 0.872 bits per heavy atom. The van der Waals surface area contributed by atoms with Crippen LogP contribution in [0.2, 0.25) is 0 Å². The topological polar surface area (TPSA) is 79.4 Å². The van der Waals surface area contributed by atoms with Crippen molar-refractivity contribution in [3.63, 3.8) is 0 Å². The molecule has 1 saturated heterocycles. The number of nitrogens with one attached hydrogen (secondary N) is 1. The van der Waals surface area contributed by atoms with Crippen LogP contribution in [0.25, 0.3) is 6.08 Å². The van der Waals surface area contributed by atoms with Crippen molar-refractivity contribution in [2.75, 3.05) is 10.2 Å². The van der Waals surface area contributed by atoms with Crippen LogP contribution in [0.5, 0.6) is 0 Å². The van der Waals surface area contributed by atoms with Gasteiger partial charge in [0.25, 0.3) is 0 Å². The number of carbonyl (C=O) groups is 3. The van der Waals surface area contributed by atoms with E-state index in [0.717, 1.165) is 5.56 Å². The third-order valence-electron chi connectivity index (χ3n) is 8.15. The van der Waals surface area contributed by atoms with E-state index in [-0.39, 0.29) is 17.2 Å². The second-order valence-corrected chi connectivity index (χ2v) is 9.98. The highest BCUT2D eigenvalue weighted by atomic mass is 19.1. The molecule has 1 aromatic heterocycles. The predicted molar refractivity (Wildman–Crippen MR) is 145 cm³/mol. The van der Waals surface area contributed by atoms with Gasteiger partial charge in [-0.1, -0.05) is 66.7 Å². The third kappa shape index (κ3) is 3.13. The molecule has 1 N–H and O–H groups in total. The van der Waals surface area contributed by atoms with Crippen LogP contribution in [0.4, 0.5) is 15.8 Å². The molecule has 4 aromatic rings. The molecule has 0 unspecified atom stereocenters. The van der Waals surface area contributed by atoms with Crippen molar-refractivity contribution in [3.05, 3.63) is 131 Å². The summed E-state index contributed by atoms with van der Waals surface area (Å²) in [6.45, 7) is 0. The highest BCUT2D eigenvalue weighted by Crippen LogP contribution is 2.58. The lowest BCUT2D eigenvalue weighted by molar-refractivity contribution is -0.121. The molecule has 190 valence electrons. The number of para-hydroxylation sites is 2. The molecule has 4 heterocycles. The van der Waals surface area contributed by atoms with Gasteiger partial charge in [-0.15, -0.1) is 0 Å². The molecule has 1 amide bonds. The fourth-order valence-electron chi connectivity index (χ4n) is 6.61. The smallest absolute Gasteiger partial charge is 0.238 e. The number of hydrogen-bond acceptors (Lipinski definition) is 5. The Morgan fingerprint density at radius 2 is 1.62 bits per heavy atom. The summed E-state index contributed by atoms with van der Waals surface area (Å²) in [6, 6.07) is 23.6. The number of anilines is 2. The zero-order valence-electron chi connectivity index (χ0n) is 20.6. The maximum absolute atomic E-state index is 15.1. The highest BCUT2D eigenvalue weighted by molar-refractivity contribution is 6.18. The van der Waals surface area contributed by atoms with Crippen molar-refractivity contribution in [1.82, 2.24) is 4.98 Å². The lowest BCUT2D eigenvalue weighted by Gasteiger charge is -2.37. The number of aromatic nitrogens is 1. The van der Waals surface area contributed by atoms with Gasteiger partial charge in [0.05, 0.1) is 17.5 Å². The number of hydrogen-bond donors (Lipinski definition) is 1. The molecular formula is C32H22FN3O3. The Morgan fingerprint density at radius 3 is 2.44 bits per heavy atom. The first kappa shape index (κ1) is 23.2. The number of carbonyl (C=O) groups excluding carboxylic acids is 3. The number of halogens is 1. The number of rotatable bonds is 4. The largest absolute Gasteiger partial charge is 0.352 e. The molecule has 0 aliphatic carbocycles. The Bertz CT molecular complexity index is 1700. The van der Waals surface area contributed by atoms with Crippen LogP contribution in [0.3, 0.4) is 0 Å². The van der Waals surface area contributed by atoms with Crippen LogP contribution in [-0.4, -0.2) is 34.5 Å². The second-order valence-electron chi connectivity index (χ2n) is 9.98. The van der Waals surface area contributed by atoms with Crippen molar-refractivity contribution in [2.45, 2.75) is 17.5 Å². The van der Waals surface area contributed by atoms with Gasteiger partial charge in [0.1, 0.15) is 23.0 Å². The fraction of sp³-hybridized carbons (Fsp3) is 0.125. The standard InChI is InChI=1S/C32H22FN3O3/c33-22-12-4-2-10-20(22)29(37)28-27(30(38)24-14-7-8-18-34-24)32(21-11-3-5-13-23(21)35-31(32)39)26-17-16-19-9-1-6-15-25(19)36(26)28/h1-18,26-28H,(H,35,39)/t26-,27+,28-,32+/m0/s1. The Balaban J connectivity index is 1.55. The summed E-state index contributed by atoms with van der Waals surface area (Å²) in [5, 5.41) is 2.98. The molecule has 7 heteroatoms. The molecule has 3 aliphatic heterocycles. The van der Waals surface area contributed by atoms with E-state index in [1.165, 1.54) is 24.4 Å². The lowest BCUT2D eigenvalue weighted by Crippen LogP contribution is -2.51. The lowest BCUT2D eigenvalue weighted by atomic mass is 9.64. The molecule has 4 atom stereocenters. The normalized spacial score (nSPS) is 24.2. The van der Waals surface area contributed by atoms with Crippen molar-refractivity contribution in [1.29, 1.82) is 0 Å². The monoisotopic (exact) mass is 515 g/mol. The maximum Gasteiger partial charge on any atom is 0.238 e. The zero-order chi connectivity index (χ0) is 26.7. The molecule has 39 heavy (non-hydrogen) atoms. The van der Waals surface area contributed by atoms with Gasteiger partial charge in [-0.05, 0) is 47.5 Å². The van der Waals surface area contributed by atoms with Crippen LogP contribution in [0.1, 0.15) is 32.0 Å². The Labute approximate surface area is 223 Å². The average molecular weight is 516 g/mol. The second kappa shape index (κ2) is 8.56. The van der Waals surface area contributed by atoms with Crippen molar-refractivity contribution in [3.8, 4) is 0 Å². The first-order valence-corrected chi connectivity index (χ1v) is 12.7. The molecule has 3 aromatic carbocycles. The number of benzene rings is 3. The molecule has 0 saturated carbocycles. The number of ketones is 2. The van der Waals surface area contributed by atoms with Gasteiger partial charge in [-0.25, -0.2) is 4.39 Å². The highest BCUT2D eigenvalue weighted by Gasteiger charge is 2.70. The number of Topliss-reactive ketones (excluding diaryl/α,β-unsaturated/α-hetero) is 2. The first-order chi connectivity index (χ1) is 19.0. The van der Waals surface area contributed by atoms with Gasteiger partial charge in [0.2, 0.25) is 5.91 Å². The molecule has 1 fully saturated rings. The summed E-state index contributed by atoms with van der Waals surface area (Å²) in [5.41, 5.74) is 1.32. The van der Waals surface area contributed by atoms with Crippen LogP contribution < -0.4 is 10.2 Å². The minimum Gasteiger partial charge on any atom is -0.352 e. The number of amides is 1. The van der Waals surface area contributed by atoms with Gasteiger partial charge >= 0.3 is 0 Å². The van der Waals surface area contributed by atoms with Gasteiger partial charge < -0.3 is 10.2 Å². The van der Waals surface area contributed by atoms with E-state index < -0.39 is 40.8 Å². The van der Waals surface area contributed by atoms with Gasteiger partial charge in [-0.2, -0.15) is 0 Å². The van der Waals surface area contributed by atoms with E-state index in [9.17, 15) is 14.4 Å². The van der Waals surface area contributed by atoms with Gasteiger partial charge in [0, 0.05) is 17.6 Å². The van der Waals surface area contributed by atoms with Gasteiger partial charge in [0.15, 0.2) is 11.6 Å². The number of fused-ring (bicyclic) bond motifs is 6. The summed E-state index contributed by atoms with van der Waals surface area (Å²) in [4.78, 5) is 49.3. The molecular weight excluding hydrogens is 493 g/mol. The molecule has 3 aliphatic rings. The van der Waals surface area contributed by atoms with Crippen LogP contribution in [-0.2, 0) is 10.2 Å². The number of pyridine rings is 1. The zero-order valence-corrected chi connectivity index (χ0v) is 20.6. The van der Waals surface area contributed by atoms with E-state index in [1.54, 1.807) is 30.3 Å². The van der Waals surface area contributed by atoms with Crippen LogP contribution in [0.15, 0.2) is 103 Å². The third-order valence-corrected chi connectivity index (χ3v) is 8.15. The summed E-state index contributed by atoms with van der Waals surface area (Å²) >= 11 is 0. The molecule has 0 radical (unpaired) electrons. The van der Waals surface area contributed by atoms with E-state index in [1.807, 2.05) is 59.5 Å². The minimum absolute atomic E-state index is 0.129. The summed E-state index contributed by atoms with van der Waals surface area (Å²) in [7, 11) is 0. The maximum atomic E-state index is 15.1. The molecule has 0 bridgehead atoms. The quantitative estimate of drug-likeness (QED) is 0.384.